The van der Waals surface area contributed by atoms with Gasteiger partial charge in [0.05, 0.1) is 5.56 Å². The molecule has 168 valence electrons. The third kappa shape index (κ3) is 4.54. The van der Waals surface area contributed by atoms with Crippen LogP contribution in [-0.2, 0) is 29.1 Å². The van der Waals surface area contributed by atoms with Crippen molar-refractivity contribution in [1.82, 2.24) is 0 Å². The first kappa shape index (κ1) is 22.7. The van der Waals surface area contributed by atoms with Crippen molar-refractivity contribution in [3.8, 4) is 5.75 Å². The number of esters is 1. The van der Waals surface area contributed by atoms with E-state index in [4.69, 9.17) is 18.9 Å². The SMILES string of the molecule is Cc1ccc(C(=O)OC[C@H]2O[C@@H]3OC(C)(C)O[C@@H]3[C@H]2O)cc1OS(=O)(=O)C(F)(F)F. The van der Waals surface area contributed by atoms with Crippen LogP contribution in [0, 0.1) is 6.92 Å². The summed E-state index contributed by atoms with van der Waals surface area (Å²) in [4.78, 5) is 12.2. The molecular formula is C17H19F3O9S. The number of benzene rings is 1. The smallest absolute Gasteiger partial charge is 0.459 e. The van der Waals surface area contributed by atoms with Gasteiger partial charge in [0.1, 0.15) is 30.7 Å². The van der Waals surface area contributed by atoms with Gasteiger partial charge in [-0.2, -0.15) is 21.6 Å². The summed E-state index contributed by atoms with van der Waals surface area (Å²) in [5, 5.41) is 10.2. The summed E-state index contributed by atoms with van der Waals surface area (Å²) in [7, 11) is -5.90. The molecule has 0 aromatic heterocycles. The van der Waals surface area contributed by atoms with E-state index in [1.807, 2.05) is 0 Å². The van der Waals surface area contributed by atoms with E-state index in [9.17, 15) is 31.5 Å². The van der Waals surface area contributed by atoms with E-state index in [1.165, 1.54) is 19.1 Å². The molecule has 13 heteroatoms. The van der Waals surface area contributed by atoms with Crippen molar-refractivity contribution < 1.29 is 54.6 Å². The van der Waals surface area contributed by atoms with Crippen LogP contribution in [0.25, 0.3) is 0 Å². The molecule has 1 aromatic carbocycles. The van der Waals surface area contributed by atoms with Gasteiger partial charge in [-0.1, -0.05) is 6.07 Å². The van der Waals surface area contributed by atoms with Crippen LogP contribution in [0.3, 0.4) is 0 Å². The zero-order valence-electron chi connectivity index (χ0n) is 16.0. The van der Waals surface area contributed by atoms with Crippen molar-refractivity contribution in [2.45, 2.75) is 56.7 Å². The van der Waals surface area contributed by atoms with E-state index in [-0.39, 0.29) is 11.1 Å². The lowest BCUT2D eigenvalue weighted by Gasteiger charge is -2.22. The maximum atomic E-state index is 12.5. The minimum absolute atomic E-state index is 0.0543. The van der Waals surface area contributed by atoms with Crippen LogP contribution >= 0.6 is 0 Å². The number of aliphatic hydroxyl groups is 1. The largest absolute Gasteiger partial charge is 0.534 e. The molecule has 0 amide bonds. The molecule has 0 spiro atoms. The second kappa shape index (κ2) is 7.64. The second-order valence-corrected chi connectivity index (χ2v) is 8.73. The number of fused-ring (bicyclic) bond motifs is 1. The first-order valence-electron chi connectivity index (χ1n) is 8.68. The summed E-state index contributed by atoms with van der Waals surface area (Å²) in [5.41, 5.74) is -5.82. The molecule has 3 rings (SSSR count). The first-order chi connectivity index (χ1) is 13.7. The number of carbonyl (C=O) groups is 1. The van der Waals surface area contributed by atoms with Crippen molar-refractivity contribution in [1.29, 1.82) is 0 Å². The van der Waals surface area contributed by atoms with Crippen molar-refractivity contribution in [2.75, 3.05) is 6.61 Å². The molecule has 2 saturated heterocycles. The Kier molecular flexibility index (Phi) is 5.79. The number of aryl methyl sites for hydroxylation is 1. The van der Waals surface area contributed by atoms with Gasteiger partial charge in [-0.25, -0.2) is 4.79 Å². The van der Waals surface area contributed by atoms with Gasteiger partial charge >= 0.3 is 21.6 Å². The van der Waals surface area contributed by atoms with Crippen LogP contribution in [0.2, 0.25) is 0 Å². The quantitative estimate of drug-likeness (QED) is 0.401. The van der Waals surface area contributed by atoms with Crippen molar-refractivity contribution >= 4 is 16.1 Å². The zero-order valence-corrected chi connectivity index (χ0v) is 16.8. The minimum Gasteiger partial charge on any atom is -0.459 e. The Labute approximate surface area is 169 Å². The van der Waals surface area contributed by atoms with E-state index in [2.05, 4.69) is 4.18 Å². The number of rotatable bonds is 5. The van der Waals surface area contributed by atoms with Gasteiger partial charge in [0.2, 0.25) is 0 Å². The van der Waals surface area contributed by atoms with E-state index in [0.717, 1.165) is 6.07 Å². The number of aliphatic hydroxyl groups excluding tert-OH is 1. The van der Waals surface area contributed by atoms with Gasteiger partial charge in [-0.15, -0.1) is 0 Å². The average Bonchev–Trinajstić information content (AvgIpc) is 3.06. The summed E-state index contributed by atoms with van der Waals surface area (Å²) in [6.45, 7) is 4.20. The fourth-order valence-electron chi connectivity index (χ4n) is 2.92. The number of halogens is 3. The highest BCUT2D eigenvalue weighted by atomic mass is 32.2. The molecule has 2 heterocycles. The highest BCUT2D eigenvalue weighted by Crippen LogP contribution is 2.37. The number of carbonyl (C=O) groups excluding carboxylic acids is 1. The predicted molar refractivity (Wildman–Crippen MR) is 91.8 cm³/mol. The van der Waals surface area contributed by atoms with Crippen molar-refractivity contribution in [3.05, 3.63) is 29.3 Å². The molecule has 0 saturated carbocycles. The first-order valence-corrected chi connectivity index (χ1v) is 10.1. The fraction of sp³-hybridized carbons (Fsp3) is 0.588. The fourth-order valence-corrected chi connectivity index (χ4v) is 3.43. The summed E-state index contributed by atoms with van der Waals surface area (Å²) in [5.74, 6) is -2.59. The molecule has 0 aliphatic carbocycles. The molecule has 0 bridgehead atoms. The van der Waals surface area contributed by atoms with Crippen LogP contribution in [0.5, 0.6) is 5.75 Å². The molecule has 30 heavy (non-hydrogen) atoms. The average molecular weight is 456 g/mol. The zero-order chi connectivity index (χ0) is 22.5. The third-order valence-corrected chi connectivity index (χ3v) is 5.37. The van der Waals surface area contributed by atoms with E-state index < -0.39 is 64.3 Å². The summed E-state index contributed by atoms with van der Waals surface area (Å²) >= 11 is 0. The molecule has 4 atom stereocenters. The van der Waals surface area contributed by atoms with Gasteiger partial charge in [0, 0.05) is 0 Å². The topological polar surface area (TPSA) is 118 Å². The van der Waals surface area contributed by atoms with Crippen LogP contribution in [-0.4, -0.2) is 62.0 Å². The van der Waals surface area contributed by atoms with Crippen LogP contribution in [0.4, 0.5) is 13.2 Å². The normalized spacial score (nSPS) is 28.2. The van der Waals surface area contributed by atoms with Crippen molar-refractivity contribution in [2.24, 2.45) is 0 Å². The molecule has 1 aromatic rings. The Morgan fingerprint density at radius 3 is 2.53 bits per heavy atom. The van der Waals surface area contributed by atoms with Gasteiger partial charge in [-0.3, -0.25) is 0 Å². The van der Waals surface area contributed by atoms with Gasteiger partial charge in [0.15, 0.2) is 12.1 Å². The summed E-state index contributed by atoms with van der Waals surface area (Å²) < 4.78 is 85.5. The maximum Gasteiger partial charge on any atom is 0.534 e. The van der Waals surface area contributed by atoms with Crippen molar-refractivity contribution in [3.63, 3.8) is 0 Å². The van der Waals surface area contributed by atoms with Crippen LogP contribution < -0.4 is 4.18 Å². The van der Waals surface area contributed by atoms with Gasteiger partial charge in [0.25, 0.3) is 0 Å². The Balaban J connectivity index is 1.64. The number of ether oxygens (including phenoxy) is 4. The Morgan fingerprint density at radius 2 is 1.93 bits per heavy atom. The van der Waals surface area contributed by atoms with E-state index >= 15 is 0 Å². The lowest BCUT2D eigenvalue weighted by molar-refractivity contribution is -0.218. The second-order valence-electron chi connectivity index (χ2n) is 7.20. The number of alkyl halides is 3. The molecular weight excluding hydrogens is 437 g/mol. The third-order valence-electron chi connectivity index (χ3n) is 4.40. The molecule has 2 fully saturated rings. The standard InChI is InChI=1S/C17H19F3O9S/c1-8-4-5-9(6-10(8)29-30(23,24)17(18,19)20)14(22)25-7-11-12(21)13-15(26-11)28-16(2,3)27-13/h4-6,11-13,15,21H,7H2,1-3H3/t11-,12+,13-,15-/m1/s1. The number of hydrogen-bond acceptors (Lipinski definition) is 9. The van der Waals surface area contributed by atoms with E-state index in [1.54, 1.807) is 13.8 Å². The predicted octanol–water partition coefficient (Wildman–Crippen LogP) is 1.62. The Bertz CT molecular complexity index is 929. The molecule has 0 radical (unpaired) electrons. The summed E-state index contributed by atoms with van der Waals surface area (Å²) in [6, 6.07) is 3.24. The van der Waals surface area contributed by atoms with Crippen LogP contribution in [0.15, 0.2) is 18.2 Å². The highest BCUT2D eigenvalue weighted by Gasteiger charge is 2.54. The molecule has 0 unspecified atom stereocenters. The molecule has 2 aliphatic rings. The number of hydrogen-bond donors (Lipinski definition) is 1. The molecule has 1 N–H and O–H groups in total. The monoisotopic (exact) mass is 456 g/mol. The molecule has 9 nitrogen and oxygen atoms in total. The maximum absolute atomic E-state index is 12.5. The van der Waals surface area contributed by atoms with Gasteiger partial charge < -0.3 is 28.2 Å². The van der Waals surface area contributed by atoms with E-state index in [0.29, 0.717) is 0 Å². The lowest BCUT2D eigenvalue weighted by atomic mass is 10.1. The van der Waals surface area contributed by atoms with Crippen LogP contribution in [0.1, 0.15) is 29.8 Å². The highest BCUT2D eigenvalue weighted by molar-refractivity contribution is 7.88. The summed E-state index contributed by atoms with van der Waals surface area (Å²) in [6.07, 6.45) is -3.70. The lowest BCUT2D eigenvalue weighted by Crippen LogP contribution is -2.37. The molecule has 2 aliphatic heterocycles. The van der Waals surface area contributed by atoms with Gasteiger partial charge in [-0.05, 0) is 38.5 Å². The minimum atomic E-state index is -5.90. The Hall–Kier alpha value is -1.93. The Morgan fingerprint density at radius 1 is 1.27 bits per heavy atom.